The zero-order valence-corrected chi connectivity index (χ0v) is 12.5. The lowest BCUT2D eigenvalue weighted by atomic mass is 10.2. The summed E-state index contributed by atoms with van der Waals surface area (Å²) in [5.74, 6) is 0.817. The van der Waals surface area contributed by atoms with Crippen LogP contribution in [-0.4, -0.2) is 26.1 Å². The lowest BCUT2D eigenvalue weighted by molar-refractivity contribution is 0.532. The highest BCUT2D eigenvalue weighted by Crippen LogP contribution is 2.33. The smallest absolute Gasteiger partial charge is 0.226 e. The van der Waals surface area contributed by atoms with Gasteiger partial charge in [0.1, 0.15) is 5.52 Å². The third-order valence-corrected chi connectivity index (χ3v) is 4.11. The quantitative estimate of drug-likeness (QED) is 0.673. The van der Waals surface area contributed by atoms with E-state index in [2.05, 4.69) is 31.8 Å². The summed E-state index contributed by atoms with van der Waals surface area (Å²) >= 11 is 5.99. The topological polar surface area (TPSA) is 55.6 Å². The monoisotopic (exact) mass is 293 g/mol. The van der Waals surface area contributed by atoms with E-state index in [4.69, 9.17) is 11.6 Å². The molecular formula is C14H20ClN5. The molecule has 6 heteroatoms. The highest BCUT2D eigenvalue weighted by Gasteiger charge is 2.21. The summed E-state index contributed by atoms with van der Waals surface area (Å²) in [5.41, 5.74) is 1.69. The van der Waals surface area contributed by atoms with Crippen LogP contribution < -0.4 is 5.32 Å². The molecule has 0 amide bonds. The Balaban J connectivity index is 1.99. The number of nitrogens with zero attached hydrogens (tertiary/aromatic N) is 4. The lowest BCUT2D eigenvalue weighted by Gasteiger charge is -2.14. The maximum Gasteiger partial charge on any atom is 0.226 e. The summed E-state index contributed by atoms with van der Waals surface area (Å²) < 4.78 is 2.23. The molecule has 2 aromatic heterocycles. The van der Waals surface area contributed by atoms with Crippen molar-refractivity contribution in [3.8, 4) is 0 Å². The number of unbranched alkanes of at least 4 members (excludes halogenated alkanes) is 1. The molecule has 2 aromatic rings. The summed E-state index contributed by atoms with van der Waals surface area (Å²) in [6, 6.07) is 0.525. The van der Waals surface area contributed by atoms with E-state index in [1.807, 2.05) is 6.33 Å². The highest BCUT2D eigenvalue weighted by molar-refractivity contribution is 6.28. The highest BCUT2D eigenvalue weighted by atomic mass is 35.5. The second kappa shape index (κ2) is 5.95. The average Bonchev–Trinajstić information content (AvgIpc) is 3.06. The molecule has 1 aliphatic carbocycles. The van der Waals surface area contributed by atoms with Crippen LogP contribution in [0.5, 0.6) is 0 Å². The Morgan fingerprint density at radius 1 is 1.35 bits per heavy atom. The van der Waals surface area contributed by atoms with E-state index in [9.17, 15) is 0 Å². The minimum Gasteiger partial charge on any atom is -0.368 e. The summed E-state index contributed by atoms with van der Waals surface area (Å²) in [5, 5.41) is 3.64. The fraction of sp³-hybridized carbons (Fsp3) is 0.643. The van der Waals surface area contributed by atoms with Crippen LogP contribution in [0.25, 0.3) is 11.2 Å². The number of rotatable bonds is 5. The van der Waals surface area contributed by atoms with E-state index in [-0.39, 0.29) is 5.28 Å². The van der Waals surface area contributed by atoms with Gasteiger partial charge in [-0.3, -0.25) is 0 Å². The van der Waals surface area contributed by atoms with Crippen molar-refractivity contribution in [2.45, 2.75) is 51.5 Å². The van der Waals surface area contributed by atoms with Crippen molar-refractivity contribution >= 4 is 28.6 Å². The Morgan fingerprint density at radius 3 is 2.90 bits per heavy atom. The molecule has 2 heterocycles. The van der Waals surface area contributed by atoms with Crippen LogP contribution in [-0.2, 0) is 0 Å². The van der Waals surface area contributed by atoms with Crippen molar-refractivity contribution in [2.24, 2.45) is 0 Å². The first-order valence-electron chi connectivity index (χ1n) is 7.43. The summed E-state index contributed by atoms with van der Waals surface area (Å²) in [6.07, 6.45) is 9.15. The molecule has 1 aliphatic rings. The van der Waals surface area contributed by atoms with E-state index in [1.165, 1.54) is 25.7 Å². The zero-order chi connectivity index (χ0) is 13.9. The van der Waals surface area contributed by atoms with Crippen molar-refractivity contribution in [3.05, 3.63) is 11.6 Å². The standard InChI is InChI=1S/C14H20ClN5/c1-2-3-8-16-12-11-13(19-14(15)18-12)17-9-20(11)10-6-4-5-7-10/h9-10H,2-8H2,1H3,(H,16,18,19). The van der Waals surface area contributed by atoms with Crippen LogP contribution in [0.15, 0.2) is 6.33 Å². The first kappa shape index (κ1) is 13.6. The number of nitrogens with one attached hydrogen (secondary N) is 1. The van der Waals surface area contributed by atoms with Gasteiger partial charge in [-0.25, -0.2) is 4.98 Å². The maximum absolute atomic E-state index is 5.99. The molecule has 0 bridgehead atoms. The molecule has 1 fully saturated rings. The second-order valence-corrected chi connectivity index (χ2v) is 5.72. The van der Waals surface area contributed by atoms with E-state index >= 15 is 0 Å². The van der Waals surface area contributed by atoms with Crippen LogP contribution in [0.1, 0.15) is 51.5 Å². The van der Waals surface area contributed by atoms with Crippen LogP contribution >= 0.6 is 11.6 Å². The number of fused-ring (bicyclic) bond motifs is 1. The van der Waals surface area contributed by atoms with E-state index < -0.39 is 0 Å². The summed E-state index contributed by atoms with van der Waals surface area (Å²) in [6.45, 7) is 3.07. The minimum absolute atomic E-state index is 0.258. The predicted molar refractivity (Wildman–Crippen MR) is 81.2 cm³/mol. The Bertz CT molecular complexity index is 589. The van der Waals surface area contributed by atoms with Crippen molar-refractivity contribution in [2.75, 3.05) is 11.9 Å². The van der Waals surface area contributed by atoms with Crippen molar-refractivity contribution in [3.63, 3.8) is 0 Å². The average molecular weight is 294 g/mol. The van der Waals surface area contributed by atoms with Gasteiger partial charge in [-0.2, -0.15) is 9.97 Å². The van der Waals surface area contributed by atoms with Gasteiger partial charge in [-0.15, -0.1) is 0 Å². The number of anilines is 1. The molecular weight excluding hydrogens is 274 g/mol. The van der Waals surface area contributed by atoms with E-state index in [0.717, 1.165) is 30.7 Å². The molecule has 0 unspecified atom stereocenters. The SMILES string of the molecule is CCCCNc1nc(Cl)nc2ncn(C3CCCC3)c12. The number of halogens is 1. The Kier molecular flexibility index (Phi) is 4.05. The van der Waals surface area contributed by atoms with Crippen molar-refractivity contribution in [1.29, 1.82) is 0 Å². The third kappa shape index (κ3) is 2.59. The molecule has 0 spiro atoms. The first-order chi connectivity index (χ1) is 9.79. The number of hydrogen-bond acceptors (Lipinski definition) is 4. The molecule has 1 saturated carbocycles. The molecule has 20 heavy (non-hydrogen) atoms. The second-order valence-electron chi connectivity index (χ2n) is 5.38. The molecule has 3 rings (SSSR count). The molecule has 0 saturated heterocycles. The van der Waals surface area contributed by atoms with Crippen molar-refractivity contribution in [1.82, 2.24) is 19.5 Å². The summed E-state index contributed by atoms with van der Waals surface area (Å²) in [7, 11) is 0. The van der Waals surface area contributed by atoms with Gasteiger partial charge in [-0.05, 0) is 30.9 Å². The maximum atomic E-state index is 5.99. The molecule has 0 atom stereocenters. The Labute approximate surface area is 123 Å². The number of imidazole rings is 1. The number of aromatic nitrogens is 4. The van der Waals surface area contributed by atoms with Gasteiger partial charge in [0.2, 0.25) is 5.28 Å². The lowest BCUT2D eigenvalue weighted by Crippen LogP contribution is -2.09. The first-order valence-corrected chi connectivity index (χ1v) is 7.81. The van der Waals surface area contributed by atoms with Gasteiger partial charge >= 0.3 is 0 Å². The molecule has 0 aliphatic heterocycles. The van der Waals surface area contributed by atoms with Gasteiger partial charge in [0.25, 0.3) is 0 Å². The van der Waals surface area contributed by atoms with Gasteiger partial charge in [-0.1, -0.05) is 26.2 Å². The number of hydrogen-bond donors (Lipinski definition) is 1. The largest absolute Gasteiger partial charge is 0.368 e. The third-order valence-electron chi connectivity index (χ3n) is 3.94. The van der Waals surface area contributed by atoms with Gasteiger partial charge in [0.15, 0.2) is 11.5 Å². The Morgan fingerprint density at radius 2 is 2.15 bits per heavy atom. The minimum atomic E-state index is 0.258. The fourth-order valence-electron chi connectivity index (χ4n) is 2.88. The summed E-state index contributed by atoms with van der Waals surface area (Å²) in [4.78, 5) is 13.0. The van der Waals surface area contributed by atoms with Crippen LogP contribution in [0.2, 0.25) is 5.28 Å². The normalized spacial score (nSPS) is 16.1. The predicted octanol–water partition coefficient (Wildman–Crippen LogP) is 3.81. The zero-order valence-electron chi connectivity index (χ0n) is 11.8. The Hall–Kier alpha value is -1.36. The van der Waals surface area contributed by atoms with Gasteiger partial charge in [0, 0.05) is 12.6 Å². The fourth-order valence-corrected chi connectivity index (χ4v) is 3.05. The molecule has 0 radical (unpaired) electrons. The molecule has 5 nitrogen and oxygen atoms in total. The van der Waals surface area contributed by atoms with E-state index in [0.29, 0.717) is 11.7 Å². The van der Waals surface area contributed by atoms with E-state index in [1.54, 1.807) is 0 Å². The van der Waals surface area contributed by atoms with Gasteiger partial charge < -0.3 is 9.88 Å². The molecule has 1 N–H and O–H groups in total. The van der Waals surface area contributed by atoms with Crippen LogP contribution in [0.4, 0.5) is 5.82 Å². The molecule has 108 valence electrons. The van der Waals surface area contributed by atoms with Gasteiger partial charge in [0.05, 0.1) is 6.33 Å². The molecule has 0 aromatic carbocycles. The van der Waals surface area contributed by atoms with Crippen LogP contribution in [0, 0.1) is 0 Å². The van der Waals surface area contributed by atoms with Crippen LogP contribution in [0.3, 0.4) is 0 Å². The van der Waals surface area contributed by atoms with Crippen molar-refractivity contribution < 1.29 is 0 Å².